The van der Waals surface area contributed by atoms with E-state index in [2.05, 4.69) is 0 Å². The molecular weight excluding hydrogens is 452 g/mol. The van der Waals surface area contributed by atoms with Gasteiger partial charge in [0.15, 0.2) is 11.5 Å². The Balaban J connectivity index is 1.49. The van der Waals surface area contributed by atoms with Gasteiger partial charge in [-0.15, -0.1) is 0 Å². The van der Waals surface area contributed by atoms with Crippen LogP contribution in [0.25, 0.3) is 5.76 Å². The molecule has 0 spiro atoms. The molecule has 1 saturated heterocycles. The third-order valence-electron chi connectivity index (χ3n) is 6.39. The first-order chi connectivity index (χ1) is 17.0. The highest BCUT2D eigenvalue weighted by atomic mass is 16.6. The number of nitrogens with zero attached hydrogens (tertiary/aromatic N) is 2. The summed E-state index contributed by atoms with van der Waals surface area (Å²) >= 11 is 0. The molecule has 1 unspecified atom stereocenters. The monoisotopic (exact) mass is 474 g/mol. The van der Waals surface area contributed by atoms with E-state index in [1.807, 2.05) is 11.9 Å². The highest BCUT2D eigenvalue weighted by Gasteiger charge is 2.48. The van der Waals surface area contributed by atoms with Crippen molar-refractivity contribution in [2.24, 2.45) is 0 Å². The van der Waals surface area contributed by atoms with E-state index in [0.29, 0.717) is 60.6 Å². The molecule has 4 heterocycles. The van der Waals surface area contributed by atoms with Gasteiger partial charge in [-0.3, -0.25) is 14.5 Å². The average molecular weight is 474 g/mol. The van der Waals surface area contributed by atoms with Gasteiger partial charge in [-0.2, -0.15) is 0 Å². The summed E-state index contributed by atoms with van der Waals surface area (Å²) in [6, 6.07) is 12.6. The lowest BCUT2D eigenvalue weighted by Crippen LogP contribution is -2.29. The van der Waals surface area contributed by atoms with Gasteiger partial charge in [-0.05, 0) is 42.5 Å². The summed E-state index contributed by atoms with van der Waals surface area (Å²) in [4.78, 5) is 29.9. The predicted octanol–water partition coefficient (Wildman–Crippen LogP) is 3.51. The highest BCUT2D eigenvalue weighted by molar-refractivity contribution is 6.51. The van der Waals surface area contributed by atoms with E-state index in [4.69, 9.17) is 18.6 Å². The molecule has 9 heteroatoms. The summed E-state index contributed by atoms with van der Waals surface area (Å²) in [6.45, 7) is 2.07. The molecule has 3 aliphatic rings. The maximum absolute atomic E-state index is 13.3. The van der Waals surface area contributed by atoms with Crippen LogP contribution in [0.2, 0.25) is 0 Å². The molecule has 6 rings (SSSR count). The molecule has 1 fully saturated rings. The van der Waals surface area contributed by atoms with Gasteiger partial charge in [-0.25, -0.2) is 0 Å². The lowest BCUT2D eigenvalue weighted by atomic mass is 9.98. The number of hydrogen-bond acceptors (Lipinski definition) is 8. The highest BCUT2D eigenvalue weighted by Crippen LogP contribution is 2.45. The summed E-state index contributed by atoms with van der Waals surface area (Å²) in [6.07, 6.45) is 1.46. The number of aliphatic hydroxyl groups excluding tert-OH is 1. The smallest absolute Gasteiger partial charge is 0.300 e. The number of fused-ring (bicyclic) bond motifs is 2. The number of furan rings is 1. The molecule has 0 saturated carbocycles. The Morgan fingerprint density at radius 1 is 0.943 bits per heavy atom. The van der Waals surface area contributed by atoms with Gasteiger partial charge in [0.2, 0.25) is 0 Å². The number of benzene rings is 2. The van der Waals surface area contributed by atoms with Crippen LogP contribution in [0.1, 0.15) is 17.4 Å². The average Bonchev–Trinajstić information content (AvgIpc) is 3.50. The van der Waals surface area contributed by atoms with Crippen LogP contribution in [0.3, 0.4) is 0 Å². The molecule has 1 amide bonds. The lowest BCUT2D eigenvalue weighted by molar-refractivity contribution is -0.132. The van der Waals surface area contributed by atoms with E-state index in [9.17, 15) is 14.7 Å². The Kier molecular flexibility index (Phi) is 4.91. The molecule has 35 heavy (non-hydrogen) atoms. The number of aliphatic hydroxyl groups is 1. The van der Waals surface area contributed by atoms with Gasteiger partial charge in [-0.1, -0.05) is 0 Å². The number of ether oxygens (including phenoxy) is 3. The second kappa shape index (κ2) is 8.12. The quantitative estimate of drug-likeness (QED) is 0.350. The van der Waals surface area contributed by atoms with Crippen LogP contribution < -0.4 is 24.0 Å². The zero-order chi connectivity index (χ0) is 24.1. The van der Waals surface area contributed by atoms with Crippen molar-refractivity contribution in [3.05, 3.63) is 71.7 Å². The zero-order valence-corrected chi connectivity index (χ0v) is 18.9. The predicted molar refractivity (Wildman–Crippen MR) is 126 cm³/mol. The number of anilines is 2. The molecule has 0 radical (unpaired) electrons. The van der Waals surface area contributed by atoms with E-state index < -0.39 is 17.7 Å². The Morgan fingerprint density at radius 3 is 2.51 bits per heavy atom. The molecule has 3 aliphatic heterocycles. The fourth-order valence-corrected chi connectivity index (χ4v) is 4.65. The molecule has 0 bridgehead atoms. The van der Waals surface area contributed by atoms with Crippen molar-refractivity contribution in [1.82, 2.24) is 0 Å². The van der Waals surface area contributed by atoms with E-state index in [1.165, 1.54) is 11.2 Å². The van der Waals surface area contributed by atoms with Crippen molar-refractivity contribution in [2.45, 2.75) is 6.04 Å². The summed E-state index contributed by atoms with van der Waals surface area (Å²) < 4.78 is 22.6. The van der Waals surface area contributed by atoms with Gasteiger partial charge >= 0.3 is 0 Å². The van der Waals surface area contributed by atoms with Crippen LogP contribution in [0.5, 0.6) is 17.2 Å². The Hall–Kier alpha value is -4.40. The second-order valence-corrected chi connectivity index (χ2v) is 8.46. The molecule has 2 aromatic carbocycles. The first kappa shape index (κ1) is 21.2. The maximum Gasteiger partial charge on any atom is 0.300 e. The number of carbonyl (C=O) groups is 2. The Bertz CT molecular complexity index is 1360. The van der Waals surface area contributed by atoms with Crippen LogP contribution >= 0.6 is 0 Å². The Morgan fingerprint density at radius 2 is 1.71 bits per heavy atom. The first-order valence-corrected chi connectivity index (χ1v) is 11.3. The normalized spacial score (nSPS) is 20.5. The second-order valence-electron chi connectivity index (χ2n) is 8.46. The summed E-state index contributed by atoms with van der Waals surface area (Å²) in [5, 5.41) is 11.4. The minimum Gasteiger partial charge on any atom is -0.507 e. The summed E-state index contributed by atoms with van der Waals surface area (Å²) in [5.74, 6) is 0.211. The molecule has 1 aromatic heterocycles. The number of likely N-dealkylation sites (N-methyl/N-ethyl adjacent to an activating group) is 1. The number of amides is 1. The number of Topliss-reactive ketones (excluding diaryl/α,β-unsaturated/α-hetero) is 1. The summed E-state index contributed by atoms with van der Waals surface area (Å²) in [7, 11) is 1.93. The summed E-state index contributed by atoms with van der Waals surface area (Å²) in [5.41, 5.74) is 1.56. The van der Waals surface area contributed by atoms with Gasteiger partial charge in [0, 0.05) is 24.4 Å². The fourth-order valence-electron chi connectivity index (χ4n) is 4.65. The van der Waals surface area contributed by atoms with Gasteiger partial charge in [0.25, 0.3) is 11.7 Å². The van der Waals surface area contributed by atoms with E-state index in [-0.39, 0.29) is 11.3 Å². The molecule has 9 nitrogen and oxygen atoms in total. The molecule has 178 valence electrons. The van der Waals surface area contributed by atoms with E-state index in [0.717, 1.165) is 5.69 Å². The molecule has 0 aliphatic carbocycles. The van der Waals surface area contributed by atoms with Crippen LogP contribution in [0.4, 0.5) is 11.4 Å². The van der Waals surface area contributed by atoms with Crippen molar-refractivity contribution in [1.29, 1.82) is 0 Å². The van der Waals surface area contributed by atoms with Crippen molar-refractivity contribution >= 4 is 28.8 Å². The number of hydrogen-bond donors (Lipinski definition) is 1. The first-order valence-electron chi connectivity index (χ1n) is 11.3. The fraction of sp³-hybridized carbons (Fsp3) is 0.231. The van der Waals surface area contributed by atoms with Gasteiger partial charge in [0.05, 0.1) is 24.1 Å². The molecule has 1 N–H and O–H groups in total. The number of rotatable bonds is 3. The largest absolute Gasteiger partial charge is 0.507 e. The van der Waals surface area contributed by atoms with Gasteiger partial charge in [0.1, 0.15) is 43.1 Å². The van der Waals surface area contributed by atoms with Crippen LogP contribution in [-0.2, 0) is 9.59 Å². The minimum atomic E-state index is -0.961. The third kappa shape index (κ3) is 3.39. The number of carbonyl (C=O) groups excluding carboxylic acids is 2. The third-order valence-corrected chi connectivity index (χ3v) is 6.39. The van der Waals surface area contributed by atoms with Crippen molar-refractivity contribution in [3.8, 4) is 17.2 Å². The van der Waals surface area contributed by atoms with E-state index in [1.54, 1.807) is 48.5 Å². The number of ketones is 1. The maximum atomic E-state index is 13.3. The topological polar surface area (TPSA) is 102 Å². The Labute approximate surface area is 200 Å². The SMILES string of the molecule is CN1CCOc2ccc(/C(O)=C3/C(=O)C(=O)N(c4ccc5c(c4)OCCO5)C3c3ccco3)cc21. The molecule has 3 aromatic rings. The van der Waals surface area contributed by atoms with Crippen molar-refractivity contribution < 1.29 is 33.3 Å². The van der Waals surface area contributed by atoms with Crippen molar-refractivity contribution in [2.75, 3.05) is 43.2 Å². The van der Waals surface area contributed by atoms with Crippen molar-refractivity contribution in [3.63, 3.8) is 0 Å². The van der Waals surface area contributed by atoms with Crippen LogP contribution in [-0.4, -0.2) is 50.2 Å². The minimum absolute atomic E-state index is 0.0563. The standard InChI is InChI=1S/C26H22N2O7/c1-27-8-10-33-18-6-4-15(13-17(18)27)24(29)22-23(20-3-2-9-32-20)28(26(31)25(22)30)16-5-7-19-21(14-16)35-12-11-34-19/h2-7,9,13-14,23,29H,8,10-12H2,1H3/b24-22-. The van der Waals surface area contributed by atoms with Gasteiger partial charge < -0.3 is 28.6 Å². The molecular formula is C26H22N2O7. The molecule has 1 atom stereocenters. The van der Waals surface area contributed by atoms with Crippen LogP contribution in [0.15, 0.2) is 64.8 Å². The van der Waals surface area contributed by atoms with E-state index >= 15 is 0 Å². The zero-order valence-electron chi connectivity index (χ0n) is 18.9. The van der Waals surface area contributed by atoms with Crippen LogP contribution in [0, 0.1) is 0 Å². The lowest BCUT2D eigenvalue weighted by Gasteiger charge is -2.28.